The van der Waals surface area contributed by atoms with Crippen LogP contribution < -0.4 is 4.90 Å². The highest BCUT2D eigenvalue weighted by atomic mass is 32.1. The third-order valence-electron chi connectivity index (χ3n) is 4.56. The summed E-state index contributed by atoms with van der Waals surface area (Å²) in [6, 6.07) is 0.355. The van der Waals surface area contributed by atoms with Crippen LogP contribution in [0.15, 0.2) is 0 Å². The van der Waals surface area contributed by atoms with Crippen LogP contribution in [0.5, 0.6) is 0 Å². The van der Waals surface area contributed by atoms with Crippen LogP contribution in [0.3, 0.4) is 0 Å². The van der Waals surface area contributed by atoms with E-state index in [4.69, 9.17) is 4.98 Å². The average Bonchev–Trinajstić information content (AvgIpc) is 3.23. The fourth-order valence-electron chi connectivity index (χ4n) is 3.42. The van der Waals surface area contributed by atoms with Crippen LogP contribution in [0.4, 0.5) is 5.13 Å². The molecule has 1 aliphatic carbocycles. The molecule has 1 unspecified atom stereocenters. The number of hydrogen-bond acceptors (Lipinski definition) is 5. The van der Waals surface area contributed by atoms with E-state index in [2.05, 4.69) is 26.2 Å². The lowest BCUT2D eigenvalue weighted by atomic mass is 10.0. The van der Waals surface area contributed by atoms with Gasteiger partial charge in [-0.15, -0.1) is 0 Å². The molecule has 0 radical (unpaired) electrons. The van der Waals surface area contributed by atoms with Crippen LogP contribution in [0, 0.1) is 0 Å². The molecule has 0 saturated carbocycles. The van der Waals surface area contributed by atoms with Gasteiger partial charge in [-0.25, -0.2) is 9.97 Å². The Labute approximate surface area is 129 Å². The van der Waals surface area contributed by atoms with Crippen LogP contribution in [0.1, 0.15) is 61.7 Å². The molecule has 1 saturated heterocycles. The molecular formula is C15H21N5S. The zero-order valence-corrected chi connectivity index (χ0v) is 13.2. The predicted molar refractivity (Wildman–Crippen MR) is 83.8 cm³/mol. The highest BCUT2D eigenvalue weighted by molar-refractivity contribution is 7.09. The first-order chi connectivity index (χ1) is 10.3. The second kappa shape index (κ2) is 5.40. The Morgan fingerprint density at radius 3 is 2.95 bits per heavy atom. The molecular weight excluding hydrogens is 282 g/mol. The summed E-state index contributed by atoms with van der Waals surface area (Å²) >= 11 is 1.53. The molecule has 2 aromatic rings. The zero-order chi connectivity index (χ0) is 14.2. The molecule has 4 rings (SSSR count). The topological polar surface area (TPSA) is 57.7 Å². The molecule has 0 spiro atoms. The van der Waals surface area contributed by atoms with Crippen molar-refractivity contribution in [3.63, 3.8) is 0 Å². The maximum Gasteiger partial charge on any atom is 0.205 e. The monoisotopic (exact) mass is 303 g/mol. The molecule has 3 heterocycles. The number of imidazole rings is 1. The molecule has 2 aromatic heterocycles. The molecule has 0 amide bonds. The quantitative estimate of drug-likeness (QED) is 0.947. The Balaban J connectivity index is 1.62. The average molecular weight is 303 g/mol. The number of nitrogens with zero attached hydrogens (tertiary/aromatic N) is 4. The third-order valence-corrected chi connectivity index (χ3v) is 5.35. The van der Waals surface area contributed by atoms with Gasteiger partial charge < -0.3 is 9.88 Å². The van der Waals surface area contributed by atoms with Crippen molar-refractivity contribution in [2.24, 2.45) is 0 Å². The Morgan fingerprint density at radius 2 is 2.14 bits per heavy atom. The van der Waals surface area contributed by atoms with Crippen molar-refractivity contribution in [3.05, 3.63) is 23.0 Å². The second-order valence-electron chi connectivity index (χ2n) is 5.95. The summed E-state index contributed by atoms with van der Waals surface area (Å²) in [6.45, 7) is 3.17. The fraction of sp³-hybridized carbons (Fsp3) is 0.667. The van der Waals surface area contributed by atoms with Crippen molar-refractivity contribution in [1.82, 2.24) is 19.3 Å². The van der Waals surface area contributed by atoms with Crippen molar-refractivity contribution in [2.75, 3.05) is 11.4 Å². The number of hydrogen-bond donors (Lipinski definition) is 1. The standard InChI is InChI=1S/C15H21N5S/c1-2-13-18-15(21-19-13)20-9-5-8-12(20)14-16-10-6-3-4-7-11(10)17-14/h12H,2-9H2,1H3,(H,16,17). The summed E-state index contributed by atoms with van der Waals surface area (Å²) in [6.07, 6.45) is 8.14. The highest BCUT2D eigenvalue weighted by Gasteiger charge is 2.31. The lowest BCUT2D eigenvalue weighted by Gasteiger charge is -2.21. The normalized spacial score (nSPS) is 21.8. The lowest BCUT2D eigenvalue weighted by Crippen LogP contribution is -2.23. The van der Waals surface area contributed by atoms with Crippen molar-refractivity contribution in [2.45, 2.75) is 57.9 Å². The number of nitrogens with one attached hydrogen (secondary N) is 1. The van der Waals surface area contributed by atoms with Crippen LogP contribution >= 0.6 is 11.5 Å². The van der Waals surface area contributed by atoms with Crippen molar-refractivity contribution in [1.29, 1.82) is 0 Å². The summed E-state index contributed by atoms with van der Waals surface area (Å²) in [5, 5.41) is 1.06. The smallest absolute Gasteiger partial charge is 0.205 e. The molecule has 21 heavy (non-hydrogen) atoms. The van der Waals surface area contributed by atoms with Gasteiger partial charge in [0, 0.05) is 30.2 Å². The highest BCUT2D eigenvalue weighted by Crippen LogP contribution is 2.36. The molecule has 1 aliphatic heterocycles. The van der Waals surface area contributed by atoms with Gasteiger partial charge in [-0.3, -0.25) is 0 Å². The predicted octanol–water partition coefficient (Wildman–Crippen LogP) is 3.04. The van der Waals surface area contributed by atoms with E-state index in [-0.39, 0.29) is 0 Å². The van der Waals surface area contributed by atoms with Gasteiger partial charge in [0.2, 0.25) is 5.13 Å². The SMILES string of the molecule is CCc1nsc(N2CCCC2c2nc3c([nH]2)CCCC3)n1. The number of fused-ring (bicyclic) bond motifs is 1. The van der Waals surface area contributed by atoms with E-state index in [1.807, 2.05) is 0 Å². The molecule has 6 heteroatoms. The number of anilines is 1. The molecule has 1 N–H and O–H groups in total. The Bertz CT molecular complexity index is 608. The van der Waals surface area contributed by atoms with Gasteiger partial charge in [0.15, 0.2) is 0 Å². The number of aromatic amines is 1. The Kier molecular flexibility index (Phi) is 3.41. The van der Waals surface area contributed by atoms with Crippen LogP contribution in [-0.4, -0.2) is 25.9 Å². The molecule has 112 valence electrons. The summed E-state index contributed by atoms with van der Waals surface area (Å²) in [5.74, 6) is 2.10. The number of H-pyrrole nitrogens is 1. The zero-order valence-electron chi connectivity index (χ0n) is 12.4. The van der Waals surface area contributed by atoms with E-state index >= 15 is 0 Å². The van der Waals surface area contributed by atoms with Crippen molar-refractivity contribution >= 4 is 16.7 Å². The van der Waals surface area contributed by atoms with Gasteiger partial charge in [-0.1, -0.05) is 6.92 Å². The Morgan fingerprint density at radius 1 is 1.24 bits per heavy atom. The van der Waals surface area contributed by atoms with E-state index in [0.717, 1.165) is 49.0 Å². The molecule has 1 fully saturated rings. The first kappa shape index (κ1) is 13.2. The lowest BCUT2D eigenvalue weighted by molar-refractivity contribution is 0.667. The van der Waals surface area contributed by atoms with E-state index in [1.54, 1.807) is 0 Å². The minimum absolute atomic E-state index is 0.355. The van der Waals surface area contributed by atoms with Crippen LogP contribution in [-0.2, 0) is 19.3 Å². The van der Waals surface area contributed by atoms with E-state index in [0.29, 0.717) is 6.04 Å². The molecule has 2 aliphatic rings. The van der Waals surface area contributed by atoms with Gasteiger partial charge in [0.1, 0.15) is 11.6 Å². The fourth-order valence-corrected chi connectivity index (χ4v) is 4.24. The number of aromatic nitrogens is 4. The number of rotatable bonds is 3. The van der Waals surface area contributed by atoms with E-state index in [9.17, 15) is 0 Å². The van der Waals surface area contributed by atoms with Crippen molar-refractivity contribution < 1.29 is 0 Å². The first-order valence-corrected chi connectivity index (χ1v) is 8.79. The maximum absolute atomic E-state index is 4.89. The van der Waals surface area contributed by atoms with Gasteiger partial charge in [-0.2, -0.15) is 4.37 Å². The van der Waals surface area contributed by atoms with Crippen molar-refractivity contribution in [3.8, 4) is 0 Å². The van der Waals surface area contributed by atoms with Gasteiger partial charge in [0.25, 0.3) is 0 Å². The Hall–Kier alpha value is -1.43. The summed E-state index contributed by atoms with van der Waals surface area (Å²) < 4.78 is 4.43. The van der Waals surface area contributed by atoms with E-state index < -0.39 is 0 Å². The van der Waals surface area contributed by atoms with Crippen LogP contribution in [0.2, 0.25) is 0 Å². The minimum Gasteiger partial charge on any atom is -0.344 e. The van der Waals surface area contributed by atoms with Gasteiger partial charge in [0.05, 0.1) is 11.7 Å². The minimum atomic E-state index is 0.355. The summed E-state index contributed by atoms with van der Waals surface area (Å²) in [5.41, 5.74) is 2.67. The first-order valence-electron chi connectivity index (χ1n) is 8.02. The van der Waals surface area contributed by atoms with Gasteiger partial charge in [-0.05, 0) is 38.5 Å². The molecule has 0 aromatic carbocycles. The second-order valence-corrected chi connectivity index (χ2v) is 6.68. The van der Waals surface area contributed by atoms with Crippen LogP contribution in [0.25, 0.3) is 0 Å². The van der Waals surface area contributed by atoms with E-state index in [1.165, 1.54) is 42.2 Å². The molecule has 5 nitrogen and oxygen atoms in total. The largest absolute Gasteiger partial charge is 0.344 e. The summed E-state index contributed by atoms with van der Waals surface area (Å²) in [4.78, 5) is 15.5. The summed E-state index contributed by atoms with van der Waals surface area (Å²) in [7, 11) is 0. The van der Waals surface area contributed by atoms with Gasteiger partial charge >= 0.3 is 0 Å². The molecule has 1 atom stereocenters. The number of aryl methyl sites for hydroxylation is 3. The third kappa shape index (κ3) is 2.35. The molecule has 0 bridgehead atoms. The maximum atomic E-state index is 4.89.